The maximum Gasteiger partial charge on any atom is 0.312 e. The van der Waals surface area contributed by atoms with E-state index in [9.17, 15) is 14.7 Å². The highest BCUT2D eigenvalue weighted by Gasteiger charge is 2.79. The number of aliphatic hydroxyl groups is 1. The number of unbranched alkanes of at least 4 members (excludes halogenated alkanes) is 2. The van der Waals surface area contributed by atoms with Crippen LogP contribution in [0.2, 0.25) is 0 Å². The van der Waals surface area contributed by atoms with Crippen molar-refractivity contribution in [3.8, 4) is 0 Å². The number of carbonyl (C=O) groups is 3. The van der Waals surface area contributed by atoms with Gasteiger partial charge in [0.25, 0.3) is 5.91 Å². The van der Waals surface area contributed by atoms with Crippen LogP contribution in [0.4, 0.5) is 5.69 Å². The standard InChI is InChI=1S/C37H46N2O6/c1-6-8-9-13-21-44-35(43)31-30-33(41)39(28(24-40)23-27-14-11-10-12-15-27)32(37(30)19-18-36(31,5)45-37)34(42)38(20-7-2)29-22-25(3)16-17-26(29)4/h6-7,10-12,14-17,22,28,30-32,40H,1-2,8-9,13,18-21,23-24H2,3-5H3/t28-,30+,31-,32?,36+,37?/m1/s1. The molecule has 8 nitrogen and oxygen atoms in total. The number of hydrogen-bond donors (Lipinski definition) is 1. The summed E-state index contributed by atoms with van der Waals surface area (Å²) in [4.78, 5) is 46.7. The van der Waals surface area contributed by atoms with Gasteiger partial charge < -0.3 is 24.4 Å². The molecule has 1 spiro atoms. The lowest BCUT2D eigenvalue weighted by Crippen LogP contribution is -2.59. The molecule has 5 rings (SSSR count). The number of fused-ring (bicyclic) bond motifs is 1. The lowest BCUT2D eigenvalue weighted by molar-refractivity contribution is -0.160. The molecule has 45 heavy (non-hydrogen) atoms. The highest BCUT2D eigenvalue weighted by molar-refractivity contribution is 6.05. The van der Waals surface area contributed by atoms with E-state index in [0.717, 1.165) is 35.2 Å². The maximum atomic E-state index is 15.0. The maximum absolute atomic E-state index is 15.0. The summed E-state index contributed by atoms with van der Waals surface area (Å²) in [5.74, 6) is -2.89. The quantitative estimate of drug-likeness (QED) is 0.181. The molecule has 2 bridgehead atoms. The van der Waals surface area contributed by atoms with Gasteiger partial charge >= 0.3 is 5.97 Å². The third kappa shape index (κ3) is 5.86. The summed E-state index contributed by atoms with van der Waals surface area (Å²) in [6, 6.07) is 13.8. The molecule has 2 amide bonds. The molecule has 6 atom stereocenters. The SMILES string of the molecule is C=CCCCCOC(=O)[C@H]1[C@H]2C(=O)N([C@@H](CO)Cc3ccccc3)C(C(=O)N(CC=C)c3cc(C)ccc3C)C23CC[C@]1(C)O3. The Labute approximate surface area is 266 Å². The van der Waals surface area contributed by atoms with Crippen LogP contribution in [0, 0.1) is 25.7 Å². The number of benzene rings is 2. The molecular weight excluding hydrogens is 568 g/mol. The van der Waals surface area contributed by atoms with Crippen LogP contribution >= 0.6 is 0 Å². The van der Waals surface area contributed by atoms with Gasteiger partial charge in [-0.15, -0.1) is 13.2 Å². The first-order chi connectivity index (χ1) is 21.6. The monoisotopic (exact) mass is 614 g/mol. The van der Waals surface area contributed by atoms with Crippen molar-refractivity contribution in [3.63, 3.8) is 0 Å². The minimum atomic E-state index is -1.24. The van der Waals surface area contributed by atoms with Gasteiger partial charge in [0, 0.05) is 12.2 Å². The van der Waals surface area contributed by atoms with E-state index in [1.165, 1.54) is 4.90 Å². The zero-order valence-corrected chi connectivity index (χ0v) is 26.7. The fourth-order valence-electron chi connectivity index (χ4n) is 7.78. The average molecular weight is 615 g/mol. The largest absolute Gasteiger partial charge is 0.465 e. The van der Waals surface area contributed by atoms with Crippen LogP contribution in [-0.4, -0.2) is 70.8 Å². The molecule has 3 aliphatic heterocycles. The molecule has 3 saturated heterocycles. The Morgan fingerprint density at radius 1 is 1.13 bits per heavy atom. The Kier molecular flexibility index (Phi) is 9.65. The van der Waals surface area contributed by atoms with E-state index in [4.69, 9.17) is 9.47 Å². The van der Waals surface area contributed by atoms with Gasteiger partial charge in [0.05, 0.1) is 30.8 Å². The topological polar surface area (TPSA) is 96.4 Å². The van der Waals surface area contributed by atoms with Crippen molar-refractivity contribution >= 4 is 23.5 Å². The highest BCUT2D eigenvalue weighted by Crippen LogP contribution is 2.64. The number of esters is 1. The molecule has 2 unspecified atom stereocenters. The van der Waals surface area contributed by atoms with Crippen LogP contribution in [0.25, 0.3) is 0 Å². The van der Waals surface area contributed by atoms with Crippen LogP contribution in [0.5, 0.6) is 0 Å². The fraction of sp³-hybridized carbons (Fsp3) is 0.486. The lowest BCUT2D eigenvalue weighted by atomic mass is 9.66. The lowest BCUT2D eigenvalue weighted by Gasteiger charge is -2.40. The molecule has 1 N–H and O–H groups in total. The number of allylic oxidation sites excluding steroid dienone is 1. The molecule has 2 aromatic carbocycles. The molecule has 0 aliphatic carbocycles. The van der Waals surface area contributed by atoms with Gasteiger partial charge in [0.1, 0.15) is 17.6 Å². The van der Waals surface area contributed by atoms with E-state index in [1.54, 1.807) is 11.0 Å². The predicted octanol–water partition coefficient (Wildman–Crippen LogP) is 5.09. The number of rotatable bonds is 14. The Morgan fingerprint density at radius 2 is 1.89 bits per heavy atom. The zero-order valence-electron chi connectivity index (χ0n) is 26.7. The molecular formula is C37H46N2O6. The van der Waals surface area contributed by atoms with E-state index in [-0.39, 0.29) is 31.6 Å². The van der Waals surface area contributed by atoms with Crippen LogP contribution in [0.3, 0.4) is 0 Å². The van der Waals surface area contributed by atoms with E-state index in [1.807, 2.05) is 75.4 Å². The summed E-state index contributed by atoms with van der Waals surface area (Å²) in [6.07, 6.45) is 7.17. The number of ether oxygens (including phenoxy) is 2. The number of aliphatic hydroxyl groups excluding tert-OH is 1. The summed E-state index contributed by atoms with van der Waals surface area (Å²) < 4.78 is 12.6. The number of carbonyl (C=O) groups excluding carboxylic acids is 3. The number of aryl methyl sites for hydroxylation is 2. The van der Waals surface area contributed by atoms with Gasteiger partial charge in [-0.3, -0.25) is 14.4 Å². The van der Waals surface area contributed by atoms with Crippen molar-refractivity contribution in [2.24, 2.45) is 11.8 Å². The third-order valence-corrected chi connectivity index (χ3v) is 9.90. The fourth-order valence-corrected chi connectivity index (χ4v) is 7.78. The van der Waals surface area contributed by atoms with Crippen molar-refractivity contribution in [1.82, 2.24) is 4.90 Å². The minimum absolute atomic E-state index is 0.221. The summed E-state index contributed by atoms with van der Waals surface area (Å²) in [5, 5.41) is 10.8. The first-order valence-corrected chi connectivity index (χ1v) is 16.1. The summed E-state index contributed by atoms with van der Waals surface area (Å²) >= 11 is 0. The minimum Gasteiger partial charge on any atom is -0.465 e. The number of amides is 2. The van der Waals surface area contributed by atoms with Crippen molar-refractivity contribution < 1.29 is 29.0 Å². The normalized spacial score (nSPS) is 27.2. The van der Waals surface area contributed by atoms with Gasteiger partial charge in [-0.25, -0.2) is 0 Å². The van der Waals surface area contributed by atoms with Crippen molar-refractivity contribution in [2.45, 2.75) is 82.6 Å². The van der Waals surface area contributed by atoms with E-state index >= 15 is 4.79 Å². The first-order valence-electron chi connectivity index (χ1n) is 16.1. The highest BCUT2D eigenvalue weighted by atomic mass is 16.6. The number of anilines is 1. The third-order valence-electron chi connectivity index (χ3n) is 9.90. The Morgan fingerprint density at radius 3 is 2.58 bits per heavy atom. The first kappa shape index (κ1) is 32.6. The second-order valence-corrected chi connectivity index (χ2v) is 13.0. The van der Waals surface area contributed by atoms with Crippen LogP contribution < -0.4 is 4.90 Å². The number of likely N-dealkylation sites (tertiary alicyclic amines) is 1. The van der Waals surface area contributed by atoms with E-state index in [0.29, 0.717) is 25.7 Å². The van der Waals surface area contributed by atoms with Gasteiger partial charge in [-0.1, -0.05) is 54.6 Å². The van der Waals surface area contributed by atoms with Crippen LogP contribution in [0.1, 0.15) is 55.7 Å². The Hall–Kier alpha value is -3.75. The second-order valence-electron chi connectivity index (χ2n) is 13.0. The predicted molar refractivity (Wildman–Crippen MR) is 174 cm³/mol. The average Bonchev–Trinajstić information content (AvgIpc) is 3.60. The van der Waals surface area contributed by atoms with Gasteiger partial charge in [0.15, 0.2) is 0 Å². The number of nitrogens with zero attached hydrogens (tertiary/aromatic N) is 2. The van der Waals surface area contributed by atoms with E-state index < -0.39 is 41.1 Å². The molecule has 0 saturated carbocycles. The zero-order chi connectivity index (χ0) is 32.4. The molecule has 8 heteroatoms. The second kappa shape index (κ2) is 13.3. The molecule has 240 valence electrons. The molecule has 0 aromatic heterocycles. The smallest absolute Gasteiger partial charge is 0.312 e. The van der Waals surface area contributed by atoms with Crippen molar-refractivity contribution in [3.05, 3.63) is 90.5 Å². The van der Waals surface area contributed by atoms with E-state index in [2.05, 4.69) is 13.2 Å². The van der Waals surface area contributed by atoms with Gasteiger partial charge in [-0.2, -0.15) is 0 Å². The Bertz CT molecular complexity index is 1440. The summed E-state index contributed by atoms with van der Waals surface area (Å²) in [5.41, 5.74) is 1.37. The summed E-state index contributed by atoms with van der Waals surface area (Å²) in [7, 11) is 0. The molecule has 3 aliphatic rings. The van der Waals surface area contributed by atoms with Crippen molar-refractivity contribution in [1.29, 1.82) is 0 Å². The number of hydrogen-bond acceptors (Lipinski definition) is 6. The molecule has 3 fully saturated rings. The summed E-state index contributed by atoms with van der Waals surface area (Å²) in [6.45, 7) is 13.6. The molecule has 0 radical (unpaired) electrons. The van der Waals surface area contributed by atoms with Gasteiger partial charge in [0.2, 0.25) is 5.91 Å². The van der Waals surface area contributed by atoms with Gasteiger partial charge in [-0.05, 0) is 82.1 Å². The van der Waals surface area contributed by atoms with Crippen LogP contribution in [0.15, 0.2) is 73.8 Å². The Balaban J connectivity index is 1.58. The van der Waals surface area contributed by atoms with Crippen LogP contribution in [-0.2, 0) is 30.3 Å². The van der Waals surface area contributed by atoms with Crippen molar-refractivity contribution in [2.75, 3.05) is 24.7 Å². The molecule has 3 heterocycles. The molecule has 2 aromatic rings.